The number of carbonyl (C=O) groups excluding carboxylic acids is 1. The highest BCUT2D eigenvalue weighted by molar-refractivity contribution is 6.64. The van der Waals surface area contributed by atoms with E-state index in [9.17, 15) is 4.79 Å². The fourth-order valence-electron chi connectivity index (χ4n) is 2.05. The highest BCUT2D eigenvalue weighted by Crippen LogP contribution is 2.14. The number of hydrogen-bond donors (Lipinski definition) is 1. The first-order valence-corrected chi connectivity index (χ1v) is 8.71. The third-order valence-corrected chi connectivity index (χ3v) is 3.63. The van der Waals surface area contributed by atoms with Crippen LogP contribution in [0.2, 0.25) is 0 Å². The molecule has 0 saturated carbocycles. The minimum Gasteiger partial charge on any atom is -0.449 e. The molecule has 1 fully saturated rings. The second-order valence-electron chi connectivity index (χ2n) is 5.25. The Bertz CT molecular complexity index is 472. The van der Waals surface area contributed by atoms with Crippen LogP contribution in [0.25, 0.3) is 0 Å². The van der Waals surface area contributed by atoms with Crippen LogP contribution < -0.4 is 5.32 Å². The molecule has 0 atom stereocenters. The molecule has 5 nitrogen and oxygen atoms in total. The number of aliphatic imine (C=N–C) groups is 1. The molecule has 0 aromatic carbocycles. The van der Waals surface area contributed by atoms with Crippen molar-refractivity contribution >= 4 is 34.5 Å². The van der Waals surface area contributed by atoms with Crippen LogP contribution in [0.1, 0.15) is 39.5 Å². The first kappa shape index (κ1) is 19.8. The smallest absolute Gasteiger partial charge is 0.409 e. The fourth-order valence-corrected chi connectivity index (χ4v) is 2.29. The van der Waals surface area contributed by atoms with E-state index >= 15 is 0 Å². The first-order chi connectivity index (χ1) is 11.0. The molecule has 1 amide bonds. The molecule has 1 saturated heterocycles. The van der Waals surface area contributed by atoms with E-state index in [1.807, 2.05) is 6.08 Å². The summed E-state index contributed by atoms with van der Waals surface area (Å²) in [5, 5.41) is 4.26. The van der Waals surface area contributed by atoms with Crippen molar-refractivity contribution in [2.45, 2.75) is 39.5 Å². The molecule has 0 unspecified atom stereocenters. The predicted molar refractivity (Wildman–Crippen MR) is 96.0 cm³/mol. The van der Waals surface area contributed by atoms with Crippen LogP contribution in [0.15, 0.2) is 28.0 Å². The Hall–Kier alpha value is -1.20. The maximum atomic E-state index is 11.5. The lowest BCUT2D eigenvalue weighted by atomic mass is 10.2. The third kappa shape index (κ3) is 8.28. The van der Waals surface area contributed by atoms with Gasteiger partial charge in [0.2, 0.25) is 0 Å². The molecule has 1 heterocycles. The number of allylic oxidation sites excluding steroid dienone is 2. The van der Waals surface area contributed by atoms with E-state index in [0.29, 0.717) is 29.9 Å². The second kappa shape index (κ2) is 11.4. The summed E-state index contributed by atoms with van der Waals surface area (Å²) in [4.78, 5) is 17.3. The van der Waals surface area contributed by atoms with Crippen LogP contribution in [0, 0.1) is 0 Å². The van der Waals surface area contributed by atoms with Crippen molar-refractivity contribution in [3.05, 3.63) is 23.0 Å². The minimum absolute atomic E-state index is 0.220. The highest BCUT2D eigenvalue weighted by Gasteiger charge is 2.18. The highest BCUT2D eigenvalue weighted by atomic mass is 35.5. The van der Waals surface area contributed by atoms with E-state index in [4.69, 9.17) is 27.9 Å². The minimum atomic E-state index is -0.220. The molecule has 0 bridgehead atoms. The Labute approximate surface area is 148 Å². The molecular weight excluding hydrogens is 337 g/mol. The summed E-state index contributed by atoms with van der Waals surface area (Å²) < 4.78 is 5.01. The Balaban J connectivity index is 2.46. The van der Waals surface area contributed by atoms with Crippen molar-refractivity contribution in [2.24, 2.45) is 4.99 Å². The number of rotatable bonds is 9. The van der Waals surface area contributed by atoms with Gasteiger partial charge in [0.05, 0.1) is 17.3 Å². The van der Waals surface area contributed by atoms with E-state index in [2.05, 4.69) is 17.2 Å². The largest absolute Gasteiger partial charge is 0.449 e. The van der Waals surface area contributed by atoms with Gasteiger partial charge in [-0.15, -0.1) is 0 Å². The van der Waals surface area contributed by atoms with Crippen LogP contribution in [0.3, 0.4) is 0 Å². The maximum Gasteiger partial charge on any atom is 0.409 e. The first-order valence-electron chi connectivity index (χ1n) is 7.96. The zero-order valence-corrected chi connectivity index (χ0v) is 15.3. The lowest BCUT2D eigenvalue weighted by molar-refractivity contribution is 0.0726. The summed E-state index contributed by atoms with van der Waals surface area (Å²) in [6.45, 7) is 6.48. The number of amides is 1. The van der Waals surface area contributed by atoms with E-state index in [0.717, 1.165) is 37.9 Å². The van der Waals surface area contributed by atoms with Crippen LogP contribution >= 0.6 is 23.2 Å². The molecule has 130 valence electrons. The number of carbonyl (C=O) groups is 1. The van der Waals surface area contributed by atoms with Crippen LogP contribution in [-0.4, -0.2) is 42.4 Å². The average molecular weight is 362 g/mol. The number of unbranched alkanes of at least 4 members (excludes halogenated alkanes) is 1. The van der Waals surface area contributed by atoms with Gasteiger partial charge in [-0.1, -0.05) is 42.6 Å². The third-order valence-electron chi connectivity index (χ3n) is 3.23. The summed E-state index contributed by atoms with van der Waals surface area (Å²) in [5.74, 6) is 0. The van der Waals surface area contributed by atoms with Crippen LogP contribution in [0.4, 0.5) is 4.79 Å². The Kier molecular flexibility index (Phi) is 9.80. The quantitative estimate of drug-likeness (QED) is 0.379. The predicted octanol–water partition coefficient (Wildman–Crippen LogP) is 4.23. The molecular formula is C16H25Cl2N3O2. The molecule has 0 aromatic heterocycles. The standard InChI is InChI=1S/C16H25Cl2N3O2/c1-3-4-7-15(14(18)12-20-13(2)17)19-8-5-9-21-10-6-11-23-16(21)22/h7,12,19H,3-6,8-11H2,1-2H3/b14-12+,15-7-,20-13?. The van der Waals surface area contributed by atoms with Gasteiger partial charge in [-0.25, -0.2) is 9.79 Å². The molecule has 0 aromatic rings. The Morgan fingerprint density at radius 1 is 1.48 bits per heavy atom. The van der Waals surface area contributed by atoms with Crippen molar-refractivity contribution in [2.75, 3.05) is 26.2 Å². The van der Waals surface area contributed by atoms with Gasteiger partial charge in [-0.3, -0.25) is 0 Å². The van der Waals surface area contributed by atoms with E-state index in [-0.39, 0.29) is 6.09 Å². The summed E-state index contributed by atoms with van der Waals surface area (Å²) in [5.41, 5.74) is 0.844. The number of ether oxygens (including phenoxy) is 1. The number of nitrogens with one attached hydrogen (secondary N) is 1. The van der Waals surface area contributed by atoms with E-state index in [1.54, 1.807) is 18.0 Å². The molecule has 7 heteroatoms. The van der Waals surface area contributed by atoms with Crippen LogP contribution in [0.5, 0.6) is 0 Å². The van der Waals surface area contributed by atoms with Gasteiger partial charge >= 0.3 is 6.09 Å². The van der Waals surface area contributed by atoms with Crippen molar-refractivity contribution in [1.29, 1.82) is 0 Å². The lowest BCUT2D eigenvalue weighted by Gasteiger charge is -2.26. The number of cyclic esters (lactones) is 1. The summed E-state index contributed by atoms with van der Waals surface area (Å²) >= 11 is 12.0. The lowest BCUT2D eigenvalue weighted by Crippen LogP contribution is -2.39. The molecule has 1 N–H and O–H groups in total. The maximum absolute atomic E-state index is 11.5. The molecule has 1 aliphatic heterocycles. The number of hydrogen-bond acceptors (Lipinski definition) is 4. The van der Waals surface area contributed by atoms with Crippen LogP contribution in [-0.2, 0) is 4.74 Å². The second-order valence-corrected chi connectivity index (χ2v) is 6.20. The zero-order valence-electron chi connectivity index (χ0n) is 13.8. The van der Waals surface area contributed by atoms with Gasteiger partial charge in [-0.2, -0.15) is 0 Å². The topological polar surface area (TPSA) is 53.9 Å². The SMILES string of the molecule is CCC/C=C(NCCCN1CCCOC1=O)/C(Cl)=C\N=C(C)Cl. The number of halogens is 2. The molecule has 0 radical (unpaired) electrons. The fraction of sp³-hybridized carbons (Fsp3) is 0.625. The van der Waals surface area contributed by atoms with Crippen molar-refractivity contribution in [1.82, 2.24) is 10.2 Å². The van der Waals surface area contributed by atoms with Gasteiger partial charge in [0.1, 0.15) is 5.17 Å². The van der Waals surface area contributed by atoms with Gasteiger partial charge in [0.15, 0.2) is 0 Å². The molecule has 0 aliphatic carbocycles. The normalized spacial score (nSPS) is 17.3. The van der Waals surface area contributed by atoms with E-state index < -0.39 is 0 Å². The summed E-state index contributed by atoms with van der Waals surface area (Å²) in [7, 11) is 0. The van der Waals surface area contributed by atoms with E-state index in [1.165, 1.54) is 0 Å². The Morgan fingerprint density at radius 2 is 2.26 bits per heavy atom. The van der Waals surface area contributed by atoms with Gasteiger partial charge in [-0.05, 0) is 26.2 Å². The molecule has 1 aliphatic rings. The monoisotopic (exact) mass is 361 g/mol. The van der Waals surface area contributed by atoms with Crippen molar-refractivity contribution < 1.29 is 9.53 Å². The van der Waals surface area contributed by atoms with Crippen molar-refractivity contribution in [3.8, 4) is 0 Å². The van der Waals surface area contributed by atoms with Crippen molar-refractivity contribution in [3.63, 3.8) is 0 Å². The summed E-state index contributed by atoms with van der Waals surface area (Å²) in [6, 6.07) is 0. The molecule has 0 spiro atoms. The molecule has 23 heavy (non-hydrogen) atoms. The number of nitrogens with zero attached hydrogens (tertiary/aromatic N) is 2. The Morgan fingerprint density at radius 3 is 2.91 bits per heavy atom. The average Bonchev–Trinajstić information content (AvgIpc) is 2.53. The summed E-state index contributed by atoms with van der Waals surface area (Å²) in [6.07, 6.45) is 7.04. The van der Waals surface area contributed by atoms with Gasteiger partial charge in [0.25, 0.3) is 0 Å². The van der Waals surface area contributed by atoms with Gasteiger partial charge in [0, 0.05) is 25.8 Å². The zero-order chi connectivity index (χ0) is 17.1. The molecule has 1 rings (SSSR count). The van der Waals surface area contributed by atoms with Gasteiger partial charge < -0.3 is 15.0 Å².